The SMILES string of the molecule is COCCNc1nc(C)cc(Nc2ccccc2Cl)n1. The van der Waals surface area contributed by atoms with Gasteiger partial charge in [0.1, 0.15) is 5.82 Å². The third kappa shape index (κ3) is 4.08. The largest absolute Gasteiger partial charge is 0.383 e. The number of methoxy groups -OCH3 is 1. The van der Waals surface area contributed by atoms with Crippen molar-refractivity contribution >= 4 is 29.1 Å². The monoisotopic (exact) mass is 292 g/mol. The van der Waals surface area contributed by atoms with Crippen LogP contribution in [0.4, 0.5) is 17.5 Å². The summed E-state index contributed by atoms with van der Waals surface area (Å²) in [6.45, 7) is 3.18. The third-order valence-electron chi connectivity index (χ3n) is 2.58. The van der Waals surface area contributed by atoms with Crippen molar-refractivity contribution in [1.29, 1.82) is 0 Å². The lowest BCUT2D eigenvalue weighted by molar-refractivity contribution is 0.210. The molecule has 2 aromatic rings. The number of ether oxygens (including phenoxy) is 1. The molecule has 0 aliphatic heterocycles. The van der Waals surface area contributed by atoms with Crippen molar-refractivity contribution in [3.8, 4) is 0 Å². The Kier molecular flexibility index (Phi) is 5.15. The first kappa shape index (κ1) is 14.6. The first-order valence-corrected chi connectivity index (χ1v) is 6.67. The van der Waals surface area contributed by atoms with E-state index < -0.39 is 0 Å². The van der Waals surface area contributed by atoms with Crippen molar-refractivity contribution in [3.63, 3.8) is 0 Å². The summed E-state index contributed by atoms with van der Waals surface area (Å²) in [6, 6.07) is 9.40. The molecule has 0 unspecified atom stereocenters. The van der Waals surface area contributed by atoms with Gasteiger partial charge in [-0.15, -0.1) is 0 Å². The lowest BCUT2D eigenvalue weighted by atomic mass is 10.3. The molecule has 0 aliphatic rings. The topological polar surface area (TPSA) is 59.1 Å². The van der Waals surface area contributed by atoms with Gasteiger partial charge in [-0.05, 0) is 19.1 Å². The molecule has 6 heteroatoms. The second-order valence-corrected chi connectivity index (χ2v) is 4.65. The number of aryl methyl sites for hydroxylation is 1. The van der Waals surface area contributed by atoms with E-state index in [0.717, 1.165) is 11.4 Å². The lowest BCUT2D eigenvalue weighted by Gasteiger charge is -2.10. The Morgan fingerprint density at radius 2 is 2.05 bits per heavy atom. The number of nitrogens with zero attached hydrogens (tertiary/aromatic N) is 2. The van der Waals surface area contributed by atoms with E-state index in [2.05, 4.69) is 20.6 Å². The molecule has 0 amide bonds. The number of halogens is 1. The van der Waals surface area contributed by atoms with Crippen molar-refractivity contribution in [2.24, 2.45) is 0 Å². The standard InChI is InChI=1S/C14H17ClN4O/c1-10-9-13(18-12-6-4-3-5-11(12)15)19-14(17-10)16-7-8-20-2/h3-6,9H,7-8H2,1-2H3,(H2,16,17,18,19). The summed E-state index contributed by atoms with van der Waals surface area (Å²) in [6.07, 6.45) is 0. The Morgan fingerprint density at radius 1 is 1.25 bits per heavy atom. The highest BCUT2D eigenvalue weighted by atomic mass is 35.5. The zero-order valence-electron chi connectivity index (χ0n) is 11.5. The van der Waals surface area contributed by atoms with Gasteiger partial charge in [-0.3, -0.25) is 0 Å². The van der Waals surface area contributed by atoms with E-state index in [1.54, 1.807) is 7.11 Å². The van der Waals surface area contributed by atoms with Crippen LogP contribution in [-0.4, -0.2) is 30.2 Å². The molecule has 1 aromatic heterocycles. The van der Waals surface area contributed by atoms with Gasteiger partial charge in [0, 0.05) is 25.4 Å². The van der Waals surface area contributed by atoms with Crippen LogP contribution in [0.3, 0.4) is 0 Å². The molecule has 2 rings (SSSR count). The van der Waals surface area contributed by atoms with Crippen LogP contribution in [0, 0.1) is 6.92 Å². The molecule has 0 saturated heterocycles. The first-order valence-electron chi connectivity index (χ1n) is 6.29. The first-order chi connectivity index (χ1) is 9.69. The van der Waals surface area contributed by atoms with Gasteiger partial charge in [-0.25, -0.2) is 4.98 Å². The summed E-state index contributed by atoms with van der Waals surface area (Å²) in [4.78, 5) is 8.71. The lowest BCUT2D eigenvalue weighted by Crippen LogP contribution is -2.11. The van der Waals surface area contributed by atoms with E-state index >= 15 is 0 Å². The molecule has 0 fully saturated rings. The molecular formula is C14H17ClN4O. The molecular weight excluding hydrogens is 276 g/mol. The Morgan fingerprint density at radius 3 is 2.80 bits per heavy atom. The maximum atomic E-state index is 6.12. The number of rotatable bonds is 6. The Labute approximate surface area is 123 Å². The number of para-hydroxylation sites is 1. The highest BCUT2D eigenvalue weighted by molar-refractivity contribution is 6.33. The number of anilines is 3. The van der Waals surface area contributed by atoms with Crippen molar-refractivity contribution in [1.82, 2.24) is 9.97 Å². The molecule has 0 aliphatic carbocycles. The molecule has 1 heterocycles. The molecule has 0 spiro atoms. The minimum atomic E-state index is 0.566. The fourth-order valence-electron chi connectivity index (χ4n) is 1.68. The summed E-state index contributed by atoms with van der Waals surface area (Å²) in [5.41, 5.74) is 1.68. The van der Waals surface area contributed by atoms with Crippen LogP contribution >= 0.6 is 11.6 Å². The zero-order chi connectivity index (χ0) is 14.4. The maximum Gasteiger partial charge on any atom is 0.224 e. The smallest absolute Gasteiger partial charge is 0.224 e. The van der Waals surface area contributed by atoms with E-state index in [1.165, 1.54) is 0 Å². The molecule has 0 atom stereocenters. The van der Waals surface area contributed by atoms with Gasteiger partial charge >= 0.3 is 0 Å². The van der Waals surface area contributed by atoms with Gasteiger partial charge in [-0.1, -0.05) is 23.7 Å². The highest BCUT2D eigenvalue weighted by Crippen LogP contribution is 2.24. The van der Waals surface area contributed by atoms with Crippen LogP contribution in [-0.2, 0) is 4.74 Å². The summed E-state index contributed by atoms with van der Waals surface area (Å²) >= 11 is 6.12. The number of benzene rings is 1. The molecule has 0 bridgehead atoms. The molecule has 5 nitrogen and oxygen atoms in total. The van der Waals surface area contributed by atoms with Crippen molar-refractivity contribution in [3.05, 3.63) is 41.0 Å². The Balaban J connectivity index is 2.13. The quantitative estimate of drug-likeness (QED) is 0.801. The Hall–Kier alpha value is -1.85. The van der Waals surface area contributed by atoms with Gasteiger partial charge in [0.25, 0.3) is 0 Å². The average molecular weight is 293 g/mol. The second kappa shape index (κ2) is 7.07. The molecule has 1 aromatic carbocycles. The van der Waals surface area contributed by atoms with E-state index in [0.29, 0.717) is 29.9 Å². The van der Waals surface area contributed by atoms with Crippen LogP contribution in [0.1, 0.15) is 5.69 Å². The average Bonchev–Trinajstić information content (AvgIpc) is 2.41. The normalized spacial score (nSPS) is 10.3. The minimum absolute atomic E-state index is 0.566. The predicted octanol–water partition coefficient (Wildman–Crippen LogP) is 3.24. The van der Waals surface area contributed by atoms with Crippen LogP contribution in [0.15, 0.2) is 30.3 Å². The zero-order valence-corrected chi connectivity index (χ0v) is 12.2. The van der Waals surface area contributed by atoms with Crippen LogP contribution in [0.2, 0.25) is 5.02 Å². The summed E-state index contributed by atoms with van der Waals surface area (Å²) in [5, 5.41) is 6.95. The van der Waals surface area contributed by atoms with Crippen LogP contribution in [0.25, 0.3) is 0 Å². The molecule has 0 saturated carbocycles. The van der Waals surface area contributed by atoms with Gasteiger partial charge < -0.3 is 15.4 Å². The molecule has 2 N–H and O–H groups in total. The van der Waals surface area contributed by atoms with Crippen LogP contribution in [0.5, 0.6) is 0 Å². The second-order valence-electron chi connectivity index (χ2n) is 4.24. The summed E-state index contributed by atoms with van der Waals surface area (Å²) < 4.78 is 4.98. The van der Waals surface area contributed by atoms with Crippen molar-refractivity contribution < 1.29 is 4.74 Å². The minimum Gasteiger partial charge on any atom is -0.383 e. The van der Waals surface area contributed by atoms with Gasteiger partial charge in [0.2, 0.25) is 5.95 Å². The fraction of sp³-hybridized carbons (Fsp3) is 0.286. The maximum absolute atomic E-state index is 6.12. The van der Waals surface area contributed by atoms with E-state index in [4.69, 9.17) is 16.3 Å². The van der Waals surface area contributed by atoms with Gasteiger partial charge in [0.05, 0.1) is 17.3 Å². The molecule has 20 heavy (non-hydrogen) atoms. The predicted molar refractivity (Wildman–Crippen MR) is 81.9 cm³/mol. The number of hydrogen-bond donors (Lipinski definition) is 2. The van der Waals surface area contributed by atoms with E-state index in [9.17, 15) is 0 Å². The highest BCUT2D eigenvalue weighted by Gasteiger charge is 2.04. The van der Waals surface area contributed by atoms with Gasteiger partial charge in [-0.2, -0.15) is 4.98 Å². The van der Waals surface area contributed by atoms with Crippen molar-refractivity contribution in [2.45, 2.75) is 6.92 Å². The third-order valence-corrected chi connectivity index (χ3v) is 2.91. The van der Waals surface area contributed by atoms with Gasteiger partial charge in [0.15, 0.2) is 0 Å². The summed E-state index contributed by atoms with van der Waals surface area (Å²) in [7, 11) is 1.66. The van der Waals surface area contributed by atoms with E-state index in [1.807, 2.05) is 37.3 Å². The molecule has 106 valence electrons. The fourth-order valence-corrected chi connectivity index (χ4v) is 1.86. The van der Waals surface area contributed by atoms with Crippen molar-refractivity contribution in [2.75, 3.05) is 30.9 Å². The number of hydrogen-bond acceptors (Lipinski definition) is 5. The number of nitrogens with one attached hydrogen (secondary N) is 2. The summed E-state index contributed by atoms with van der Waals surface area (Å²) in [5.74, 6) is 1.27. The molecule has 0 radical (unpaired) electrons. The van der Waals surface area contributed by atoms with Crippen LogP contribution < -0.4 is 10.6 Å². The van der Waals surface area contributed by atoms with E-state index in [-0.39, 0.29) is 0 Å². The number of aromatic nitrogens is 2. The Bertz CT molecular complexity index is 577.